The maximum atomic E-state index is 12.7. The lowest BCUT2D eigenvalue weighted by atomic mass is 10.0. The quantitative estimate of drug-likeness (QED) is 0.674. The Morgan fingerprint density at radius 1 is 1.38 bits per heavy atom. The van der Waals surface area contributed by atoms with Gasteiger partial charge in [0.15, 0.2) is 0 Å². The van der Waals surface area contributed by atoms with Crippen molar-refractivity contribution in [3.8, 4) is 0 Å². The lowest BCUT2D eigenvalue weighted by Crippen LogP contribution is -2.57. The number of rotatable bonds is 2. The van der Waals surface area contributed by atoms with E-state index in [1.807, 2.05) is 13.8 Å². The first-order chi connectivity index (χ1) is 9.60. The molecule has 0 spiro atoms. The van der Waals surface area contributed by atoms with E-state index in [4.69, 9.17) is 0 Å². The number of nitrogens with zero attached hydrogens (tertiary/aromatic N) is 2. The summed E-state index contributed by atoms with van der Waals surface area (Å²) in [6, 6.07) is 2.67. The molecule has 1 saturated heterocycles. The van der Waals surface area contributed by atoms with Crippen molar-refractivity contribution < 1.29 is 18.1 Å². The number of halogens is 3. The van der Waals surface area contributed by atoms with Gasteiger partial charge in [-0.05, 0) is 26.0 Å². The third kappa shape index (κ3) is 3.44. The van der Waals surface area contributed by atoms with Gasteiger partial charge in [0.25, 0.3) is 5.69 Å². The van der Waals surface area contributed by atoms with Crippen molar-refractivity contribution >= 4 is 11.4 Å². The summed E-state index contributed by atoms with van der Waals surface area (Å²) >= 11 is 0. The lowest BCUT2D eigenvalue weighted by molar-refractivity contribution is -0.384. The molecule has 0 atom stereocenters. The van der Waals surface area contributed by atoms with E-state index >= 15 is 0 Å². The van der Waals surface area contributed by atoms with Crippen molar-refractivity contribution in [1.82, 2.24) is 5.32 Å². The Bertz CT molecular complexity index is 558. The molecule has 1 aliphatic rings. The van der Waals surface area contributed by atoms with E-state index in [0.717, 1.165) is 6.07 Å². The number of hydrogen-bond acceptors (Lipinski definition) is 4. The highest BCUT2D eigenvalue weighted by Crippen LogP contribution is 2.37. The molecule has 0 aliphatic carbocycles. The molecule has 1 heterocycles. The van der Waals surface area contributed by atoms with E-state index in [2.05, 4.69) is 5.32 Å². The Hall–Kier alpha value is -1.83. The van der Waals surface area contributed by atoms with E-state index in [9.17, 15) is 23.3 Å². The predicted molar refractivity (Wildman–Crippen MR) is 72.4 cm³/mol. The number of nitrogens with one attached hydrogen (secondary N) is 1. The highest BCUT2D eigenvalue weighted by Gasteiger charge is 2.35. The van der Waals surface area contributed by atoms with E-state index in [0.29, 0.717) is 25.7 Å². The van der Waals surface area contributed by atoms with Crippen LogP contribution in [0.5, 0.6) is 0 Å². The Morgan fingerprint density at radius 3 is 2.57 bits per heavy atom. The van der Waals surface area contributed by atoms with E-state index in [1.54, 1.807) is 4.90 Å². The number of anilines is 1. The summed E-state index contributed by atoms with van der Waals surface area (Å²) in [5.41, 5.74) is -1.55. The van der Waals surface area contributed by atoms with E-state index < -0.39 is 22.4 Å². The molecule has 0 unspecified atom stereocenters. The Kier molecular flexibility index (Phi) is 3.83. The van der Waals surface area contributed by atoms with Crippen LogP contribution < -0.4 is 10.2 Å². The molecule has 8 heteroatoms. The minimum absolute atomic E-state index is 0.225. The number of nitro groups is 1. The first-order valence-corrected chi connectivity index (χ1v) is 6.46. The van der Waals surface area contributed by atoms with Crippen LogP contribution >= 0.6 is 0 Å². The van der Waals surface area contributed by atoms with Gasteiger partial charge in [0.2, 0.25) is 0 Å². The second kappa shape index (κ2) is 5.18. The van der Waals surface area contributed by atoms with Crippen molar-refractivity contribution in [3.05, 3.63) is 33.9 Å². The van der Waals surface area contributed by atoms with Crippen LogP contribution in [0.3, 0.4) is 0 Å². The summed E-state index contributed by atoms with van der Waals surface area (Å²) in [6.45, 7) is 5.49. The van der Waals surface area contributed by atoms with Crippen LogP contribution in [0.2, 0.25) is 0 Å². The van der Waals surface area contributed by atoms with Crippen LogP contribution in [-0.2, 0) is 6.18 Å². The first-order valence-electron chi connectivity index (χ1n) is 6.46. The molecule has 5 nitrogen and oxygen atoms in total. The molecule has 116 valence electrons. The van der Waals surface area contributed by atoms with Crippen molar-refractivity contribution in [2.45, 2.75) is 25.6 Å². The molecule has 0 bridgehead atoms. The van der Waals surface area contributed by atoms with Crippen LogP contribution in [-0.4, -0.2) is 30.1 Å². The smallest absolute Gasteiger partial charge is 0.363 e. The summed E-state index contributed by atoms with van der Waals surface area (Å²) in [5, 5.41) is 14.4. The van der Waals surface area contributed by atoms with Crippen molar-refractivity contribution in [1.29, 1.82) is 0 Å². The van der Waals surface area contributed by atoms with Gasteiger partial charge in [-0.2, -0.15) is 13.2 Å². The van der Waals surface area contributed by atoms with Gasteiger partial charge in [-0.1, -0.05) is 0 Å². The second-order valence-corrected chi connectivity index (χ2v) is 5.69. The SMILES string of the molecule is CC1(C)CN(c2ccc(C(F)(F)F)cc2[N+](=O)[O-])CCN1. The second-order valence-electron chi connectivity index (χ2n) is 5.69. The molecule has 0 aromatic heterocycles. The van der Waals surface area contributed by atoms with E-state index in [1.165, 1.54) is 6.07 Å². The van der Waals surface area contributed by atoms with Gasteiger partial charge in [0, 0.05) is 31.2 Å². The molecule has 1 aliphatic heterocycles. The number of hydrogen-bond donors (Lipinski definition) is 1. The molecule has 0 radical (unpaired) electrons. The molecule has 1 aromatic carbocycles. The zero-order valence-electron chi connectivity index (χ0n) is 11.7. The Labute approximate surface area is 119 Å². The summed E-state index contributed by atoms with van der Waals surface area (Å²) < 4.78 is 38.0. The molecule has 1 aromatic rings. The lowest BCUT2D eigenvalue weighted by Gasteiger charge is -2.40. The number of piperazine rings is 1. The monoisotopic (exact) mass is 303 g/mol. The van der Waals surface area contributed by atoms with Gasteiger partial charge in [0.1, 0.15) is 5.69 Å². The zero-order chi connectivity index (χ0) is 15.8. The van der Waals surface area contributed by atoms with Crippen LogP contribution in [0.25, 0.3) is 0 Å². The normalized spacial score (nSPS) is 18.6. The van der Waals surface area contributed by atoms with Gasteiger partial charge < -0.3 is 10.2 Å². The minimum atomic E-state index is -4.59. The summed E-state index contributed by atoms with van der Waals surface area (Å²) in [4.78, 5) is 12.1. The summed E-state index contributed by atoms with van der Waals surface area (Å²) in [7, 11) is 0. The molecular formula is C13H16F3N3O2. The topological polar surface area (TPSA) is 58.4 Å². The average Bonchev–Trinajstić information content (AvgIpc) is 2.35. The molecule has 21 heavy (non-hydrogen) atoms. The third-order valence-electron chi connectivity index (χ3n) is 3.41. The predicted octanol–water partition coefficient (Wildman–Crippen LogP) is 2.80. The van der Waals surface area contributed by atoms with Gasteiger partial charge in [-0.3, -0.25) is 10.1 Å². The zero-order valence-corrected chi connectivity index (χ0v) is 11.7. The highest BCUT2D eigenvalue weighted by molar-refractivity contribution is 5.65. The molecule has 2 rings (SSSR count). The Morgan fingerprint density at radius 2 is 2.05 bits per heavy atom. The molecule has 0 saturated carbocycles. The van der Waals surface area contributed by atoms with Gasteiger partial charge in [0.05, 0.1) is 10.5 Å². The molecule has 1 N–H and O–H groups in total. The Balaban J connectivity index is 2.42. The van der Waals surface area contributed by atoms with Crippen molar-refractivity contribution in [2.24, 2.45) is 0 Å². The van der Waals surface area contributed by atoms with Crippen LogP contribution in [0.15, 0.2) is 18.2 Å². The average molecular weight is 303 g/mol. The molecule has 0 amide bonds. The van der Waals surface area contributed by atoms with Crippen LogP contribution in [0.4, 0.5) is 24.5 Å². The fourth-order valence-electron chi connectivity index (χ4n) is 2.46. The largest absolute Gasteiger partial charge is 0.416 e. The maximum absolute atomic E-state index is 12.7. The van der Waals surface area contributed by atoms with Gasteiger partial charge in [-0.15, -0.1) is 0 Å². The number of nitro benzene ring substituents is 1. The van der Waals surface area contributed by atoms with Crippen molar-refractivity contribution in [3.63, 3.8) is 0 Å². The fourth-order valence-corrected chi connectivity index (χ4v) is 2.46. The highest BCUT2D eigenvalue weighted by atomic mass is 19.4. The molecule has 1 fully saturated rings. The minimum Gasteiger partial charge on any atom is -0.363 e. The van der Waals surface area contributed by atoms with Gasteiger partial charge in [-0.25, -0.2) is 0 Å². The van der Waals surface area contributed by atoms with Crippen LogP contribution in [0.1, 0.15) is 19.4 Å². The number of benzene rings is 1. The maximum Gasteiger partial charge on any atom is 0.416 e. The molecular weight excluding hydrogens is 287 g/mol. The van der Waals surface area contributed by atoms with E-state index in [-0.39, 0.29) is 11.2 Å². The summed E-state index contributed by atoms with van der Waals surface area (Å²) in [5.74, 6) is 0. The standard InChI is InChI=1S/C13H16F3N3O2/c1-12(2)8-18(6-5-17-12)10-4-3-9(13(14,15)16)7-11(10)19(20)21/h3-4,7,17H,5-6,8H2,1-2H3. The van der Waals surface area contributed by atoms with Crippen molar-refractivity contribution in [2.75, 3.05) is 24.5 Å². The first kappa shape index (κ1) is 15.6. The summed E-state index contributed by atoms with van der Waals surface area (Å²) in [6.07, 6.45) is -4.59. The number of alkyl halides is 3. The fraction of sp³-hybridized carbons (Fsp3) is 0.538. The van der Waals surface area contributed by atoms with Crippen LogP contribution in [0, 0.1) is 10.1 Å². The van der Waals surface area contributed by atoms with Gasteiger partial charge >= 0.3 is 6.18 Å². The third-order valence-corrected chi connectivity index (χ3v) is 3.41.